The van der Waals surface area contributed by atoms with Crippen molar-refractivity contribution in [1.29, 1.82) is 0 Å². The van der Waals surface area contributed by atoms with Gasteiger partial charge in [-0.1, -0.05) is 0 Å². The smallest absolute Gasteiger partial charge is 0.156 e. The van der Waals surface area contributed by atoms with Crippen LogP contribution in [0, 0.1) is 0 Å². The van der Waals surface area contributed by atoms with E-state index in [-0.39, 0.29) is 18.4 Å². The lowest BCUT2D eigenvalue weighted by Crippen LogP contribution is -2.35. The molecule has 0 radical (unpaired) electrons. The van der Waals surface area contributed by atoms with Crippen molar-refractivity contribution < 1.29 is 13.2 Å². The van der Waals surface area contributed by atoms with Crippen molar-refractivity contribution in [2.45, 2.75) is 37.5 Å². The number of sulfone groups is 1. The van der Waals surface area contributed by atoms with Gasteiger partial charge in [0.15, 0.2) is 9.84 Å². The Labute approximate surface area is 85.7 Å². The van der Waals surface area contributed by atoms with E-state index in [2.05, 4.69) is 0 Å². The summed E-state index contributed by atoms with van der Waals surface area (Å²) in [6.45, 7) is 2.53. The molecule has 1 saturated heterocycles. The van der Waals surface area contributed by atoms with Gasteiger partial charge in [0, 0.05) is 13.2 Å². The third-order valence-corrected chi connectivity index (χ3v) is 4.89. The SMILES string of the molecule is CC(CN)S(=O)(=O)CC1CCCCO1. The molecule has 84 valence electrons. The molecule has 1 rings (SSSR count). The summed E-state index contributed by atoms with van der Waals surface area (Å²) in [4.78, 5) is 0. The summed E-state index contributed by atoms with van der Waals surface area (Å²) in [5, 5.41) is -0.451. The molecule has 0 aromatic rings. The summed E-state index contributed by atoms with van der Waals surface area (Å²) in [5.74, 6) is 0.130. The molecule has 0 bridgehead atoms. The van der Waals surface area contributed by atoms with E-state index < -0.39 is 15.1 Å². The van der Waals surface area contributed by atoms with Crippen LogP contribution in [0.15, 0.2) is 0 Å². The van der Waals surface area contributed by atoms with E-state index in [4.69, 9.17) is 10.5 Å². The molecule has 2 unspecified atom stereocenters. The average Bonchev–Trinajstić information content (AvgIpc) is 2.17. The van der Waals surface area contributed by atoms with Gasteiger partial charge in [-0.05, 0) is 26.2 Å². The maximum atomic E-state index is 11.7. The Hall–Kier alpha value is -0.130. The van der Waals surface area contributed by atoms with Crippen molar-refractivity contribution in [2.75, 3.05) is 18.9 Å². The lowest BCUT2D eigenvalue weighted by molar-refractivity contribution is 0.0304. The second kappa shape index (κ2) is 5.09. The van der Waals surface area contributed by atoms with E-state index in [0.717, 1.165) is 19.3 Å². The first-order chi connectivity index (χ1) is 6.56. The van der Waals surface area contributed by atoms with E-state index in [1.807, 2.05) is 0 Å². The van der Waals surface area contributed by atoms with Crippen LogP contribution >= 0.6 is 0 Å². The summed E-state index contributed by atoms with van der Waals surface area (Å²) in [5.41, 5.74) is 5.34. The average molecular weight is 221 g/mol. The van der Waals surface area contributed by atoms with Crippen molar-refractivity contribution in [3.8, 4) is 0 Å². The van der Waals surface area contributed by atoms with Crippen molar-refractivity contribution in [3.05, 3.63) is 0 Å². The maximum absolute atomic E-state index is 11.7. The predicted octanol–water partition coefficient (Wildman–Crippen LogP) is 0.317. The highest BCUT2D eigenvalue weighted by Gasteiger charge is 2.25. The highest BCUT2D eigenvalue weighted by Crippen LogP contribution is 2.16. The number of hydrogen-bond acceptors (Lipinski definition) is 4. The van der Waals surface area contributed by atoms with Crippen LogP contribution in [-0.2, 0) is 14.6 Å². The Morgan fingerprint density at radius 1 is 1.50 bits per heavy atom. The first kappa shape index (κ1) is 11.9. The van der Waals surface area contributed by atoms with Gasteiger partial charge in [0.1, 0.15) is 0 Å². The first-order valence-electron chi connectivity index (χ1n) is 5.09. The molecule has 0 saturated carbocycles. The second-order valence-corrected chi connectivity index (χ2v) is 6.33. The summed E-state index contributed by atoms with van der Waals surface area (Å²) in [6.07, 6.45) is 2.86. The Morgan fingerprint density at radius 2 is 2.21 bits per heavy atom. The molecule has 5 heteroatoms. The minimum Gasteiger partial charge on any atom is -0.377 e. The molecule has 0 aliphatic carbocycles. The Bertz CT molecular complexity index is 257. The standard InChI is InChI=1S/C9H19NO3S/c1-8(6-10)14(11,12)7-9-4-2-3-5-13-9/h8-9H,2-7,10H2,1H3. The van der Waals surface area contributed by atoms with E-state index >= 15 is 0 Å². The molecule has 14 heavy (non-hydrogen) atoms. The summed E-state index contributed by atoms with van der Waals surface area (Å²) in [7, 11) is -3.06. The maximum Gasteiger partial charge on any atom is 0.156 e. The fraction of sp³-hybridized carbons (Fsp3) is 1.00. The van der Waals surface area contributed by atoms with Gasteiger partial charge in [0.05, 0.1) is 17.1 Å². The van der Waals surface area contributed by atoms with Crippen molar-refractivity contribution in [1.82, 2.24) is 0 Å². The van der Waals surface area contributed by atoms with Crippen LogP contribution in [0.2, 0.25) is 0 Å². The van der Waals surface area contributed by atoms with Gasteiger partial charge in [-0.25, -0.2) is 8.42 Å². The van der Waals surface area contributed by atoms with E-state index in [1.54, 1.807) is 6.92 Å². The first-order valence-corrected chi connectivity index (χ1v) is 6.81. The minimum atomic E-state index is -3.06. The fourth-order valence-electron chi connectivity index (χ4n) is 1.51. The highest BCUT2D eigenvalue weighted by atomic mass is 32.2. The number of nitrogens with two attached hydrogens (primary N) is 1. The van der Waals surface area contributed by atoms with E-state index in [0.29, 0.717) is 6.61 Å². The highest BCUT2D eigenvalue weighted by molar-refractivity contribution is 7.92. The second-order valence-electron chi connectivity index (χ2n) is 3.86. The van der Waals surface area contributed by atoms with Crippen LogP contribution in [-0.4, -0.2) is 38.7 Å². The predicted molar refractivity (Wildman–Crippen MR) is 55.9 cm³/mol. The molecule has 2 N–H and O–H groups in total. The Balaban J connectivity index is 2.49. The van der Waals surface area contributed by atoms with Crippen molar-refractivity contribution >= 4 is 9.84 Å². The van der Waals surface area contributed by atoms with Crippen LogP contribution in [0.4, 0.5) is 0 Å². The minimum absolute atomic E-state index is 0.109. The van der Waals surface area contributed by atoms with Gasteiger partial charge in [0.25, 0.3) is 0 Å². The zero-order valence-corrected chi connectivity index (χ0v) is 9.42. The topological polar surface area (TPSA) is 69.4 Å². The van der Waals surface area contributed by atoms with Crippen molar-refractivity contribution in [2.24, 2.45) is 5.73 Å². The van der Waals surface area contributed by atoms with Gasteiger partial charge < -0.3 is 10.5 Å². The molecule has 0 spiro atoms. The quantitative estimate of drug-likeness (QED) is 0.742. The molecule has 1 aliphatic rings. The van der Waals surface area contributed by atoms with Crippen LogP contribution in [0.3, 0.4) is 0 Å². The summed E-state index contributed by atoms with van der Waals surface area (Å²) >= 11 is 0. The third-order valence-electron chi connectivity index (χ3n) is 2.64. The molecular weight excluding hydrogens is 202 g/mol. The van der Waals surface area contributed by atoms with E-state index in [9.17, 15) is 8.42 Å². The van der Waals surface area contributed by atoms with Crippen LogP contribution in [0.25, 0.3) is 0 Å². The molecular formula is C9H19NO3S. The summed E-state index contributed by atoms with van der Waals surface area (Å²) in [6, 6.07) is 0. The number of ether oxygens (including phenoxy) is 1. The Morgan fingerprint density at radius 3 is 2.71 bits per heavy atom. The third kappa shape index (κ3) is 3.22. The molecule has 0 aromatic heterocycles. The molecule has 4 nitrogen and oxygen atoms in total. The van der Waals surface area contributed by atoms with Gasteiger partial charge in [-0.3, -0.25) is 0 Å². The van der Waals surface area contributed by atoms with Gasteiger partial charge in [-0.2, -0.15) is 0 Å². The lowest BCUT2D eigenvalue weighted by atomic mass is 10.1. The largest absolute Gasteiger partial charge is 0.377 e. The molecule has 1 aliphatic heterocycles. The van der Waals surface area contributed by atoms with Crippen LogP contribution in [0.5, 0.6) is 0 Å². The van der Waals surface area contributed by atoms with Crippen molar-refractivity contribution in [3.63, 3.8) is 0 Å². The fourth-order valence-corrected chi connectivity index (χ4v) is 2.91. The normalized spacial score (nSPS) is 26.0. The monoisotopic (exact) mass is 221 g/mol. The zero-order chi connectivity index (χ0) is 10.6. The molecule has 1 heterocycles. The van der Waals surface area contributed by atoms with Gasteiger partial charge in [-0.15, -0.1) is 0 Å². The van der Waals surface area contributed by atoms with Gasteiger partial charge in [0.2, 0.25) is 0 Å². The Kier molecular flexibility index (Phi) is 4.34. The molecule has 2 atom stereocenters. The van der Waals surface area contributed by atoms with Gasteiger partial charge >= 0.3 is 0 Å². The summed E-state index contributed by atoms with van der Waals surface area (Å²) < 4.78 is 28.7. The molecule has 1 fully saturated rings. The molecule has 0 amide bonds. The number of hydrogen-bond donors (Lipinski definition) is 1. The number of rotatable bonds is 4. The van der Waals surface area contributed by atoms with Crippen LogP contribution < -0.4 is 5.73 Å². The molecule has 0 aromatic carbocycles. The zero-order valence-electron chi connectivity index (χ0n) is 8.61. The van der Waals surface area contributed by atoms with E-state index in [1.165, 1.54) is 0 Å². The lowest BCUT2D eigenvalue weighted by Gasteiger charge is -2.23. The van der Waals surface area contributed by atoms with Crippen LogP contribution in [0.1, 0.15) is 26.2 Å².